The van der Waals surface area contributed by atoms with Crippen LogP contribution >= 0.6 is 0 Å². The fourth-order valence-corrected chi connectivity index (χ4v) is 2.03. The van der Waals surface area contributed by atoms with Crippen LogP contribution in [-0.4, -0.2) is 4.98 Å². The number of rotatable bonds is 3. The van der Waals surface area contributed by atoms with Crippen molar-refractivity contribution in [1.82, 2.24) is 4.98 Å². The number of nitrogens with two attached hydrogens (primary N) is 1. The topological polar surface area (TPSA) is 64.1 Å². The molecule has 0 aliphatic carbocycles. The molecule has 0 spiro atoms. The molecule has 0 atom stereocenters. The Morgan fingerprint density at radius 3 is 2.89 bits per heavy atom. The highest BCUT2D eigenvalue weighted by molar-refractivity contribution is 5.81. The maximum absolute atomic E-state index is 5.75. The molecule has 0 fully saturated rings. The summed E-state index contributed by atoms with van der Waals surface area (Å²) >= 11 is 0. The molecule has 4 heteroatoms. The second-order valence-electron chi connectivity index (χ2n) is 4.48. The van der Waals surface area contributed by atoms with Crippen molar-refractivity contribution in [2.45, 2.75) is 13.5 Å². The summed E-state index contributed by atoms with van der Waals surface area (Å²) in [4.78, 5) is 4.39. The summed E-state index contributed by atoms with van der Waals surface area (Å²) in [5.41, 5.74) is 9.31. The zero-order chi connectivity index (χ0) is 13.2. The Hall–Kier alpha value is -2.49. The van der Waals surface area contributed by atoms with Crippen molar-refractivity contribution in [3.05, 3.63) is 53.9 Å². The minimum Gasteiger partial charge on any atom is -0.464 e. The lowest BCUT2D eigenvalue weighted by Gasteiger charge is -2.06. The lowest BCUT2D eigenvalue weighted by Crippen LogP contribution is -2.02. The number of nitrogens with one attached hydrogen (secondary N) is 1. The van der Waals surface area contributed by atoms with E-state index in [1.807, 2.05) is 37.3 Å². The molecule has 96 valence electrons. The van der Waals surface area contributed by atoms with E-state index in [4.69, 9.17) is 10.2 Å². The Balaban J connectivity index is 1.80. The molecule has 0 amide bonds. The maximum atomic E-state index is 5.75. The van der Waals surface area contributed by atoms with Gasteiger partial charge in [-0.2, -0.15) is 0 Å². The van der Waals surface area contributed by atoms with Crippen molar-refractivity contribution >= 4 is 22.5 Å². The molecule has 0 aliphatic heterocycles. The summed E-state index contributed by atoms with van der Waals surface area (Å²) in [5, 5.41) is 4.41. The molecular weight excluding hydrogens is 238 g/mol. The van der Waals surface area contributed by atoms with Gasteiger partial charge in [-0.05, 0) is 25.1 Å². The highest BCUT2D eigenvalue weighted by Gasteiger charge is 2.05. The van der Waals surface area contributed by atoms with Gasteiger partial charge in [0.2, 0.25) is 0 Å². The summed E-state index contributed by atoms with van der Waals surface area (Å²) in [5.74, 6) is 0.817. The summed E-state index contributed by atoms with van der Waals surface area (Å²) in [6, 6.07) is 11.7. The molecule has 2 aromatic heterocycles. The highest BCUT2D eigenvalue weighted by Crippen LogP contribution is 2.21. The molecule has 0 bridgehead atoms. The third-order valence-electron chi connectivity index (χ3n) is 3.15. The van der Waals surface area contributed by atoms with Crippen LogP contribution in [0.15, 0.2) is 47.1 Å². The van der Waals surface area contributed by atoms with Gasteiger partial charge in [0, 0.05) is 17.5 Å². The minimum atomic E-state index is 0.674. The van der Waals surface area contributed by atoms with Crippen LogP contribution in [0.25, 0.3) is 11.0 Å². The van der Waals surface area contributed by atoms with Crippen LogP contribution < -0.4 is 11.1 Å². The van der Waals surface area contributed by atoms with Gasteiger partial charge in [-0.15, -0.1) is 0 Å². The molecule has 2 heterocycles. The Morgan fingerprint density at radius 1 is 1.21 bits per heavy atom. The SMILES string of the molecule is Cc1nc(NCc2coc3ccccc23)ccc1N. The van der Waals surface area contributed by atoms with Crippen LogP contribution in [0.3, 0.4) is 0 Å². The van der Waals surface area contributed by atoms with E-state index in [0.29, 0.717) is 12.2 Å². The predicted molar refractivity (Wildman–Crippen MR) is 76.9 cm³/mol. The average Bonchev–Trinajstić information content (AvgIpc) is 2.83. The predicted octanol–water partition coefficient (Wildman–Crippen LogP) is 3.33. The molecular formula is C15H15N3O. The van der Waals surface area contributed by atoms with E-state index in [2.05, 4.69) is 16.4 Å². The summed E-state index contributed by atoms with van der Waals surface area (Å²) in [7, 11) is 0. The number of hydrogen-bond acceptors (Lipinski definition) is 4. The molecule has 3 aromatic rings. The lowest BCUT2D eigenvalue weighted by atomic mass is 10.2. The number of para-hydroxylation sites is 1. The van der Waals surface area contributed by atoms with Crippen LogP contribution in [-0.2, 0) is 6.54 Å². The number of nitrogen functional groups attached to an aromatic ring is 1. The molecule has 0 radical (unpaired) electrons. The van der Waals surface area contributed by atoms with Crippen molar-refractivity contribution < 1.29 is 4.42 Å². The van der Waals surface area contributed by atoms with Crippen molar-refractivity contribution in [3.8, 4) is 0 Å². The Morgan fingerprint density at radius 2 is 2.05 bits per heavy atom. The van der Waals surface area contributed by atoms with Crippen molar-refractivity contribution in [3.63, 3.8) is 0 Å². The average molecular weight is 253 g/mol. The Labute approximate surface area is 111 Å². The van der Waals surface area contributed by atoms with Gasteiger partial charge in [-0.3, -0.25) is 0 Å². The number of nitrogens with zero attached hydrogens (tertiary/aromatic N) is 1. The van der Waals surface area contributed by atoms with E-state index in [1.165, 1.54) is 0 Å². The first-order valence-electron chi connectivity index (χ1n) is 6.16. The molecule has 0 unspecified atom stereocenters. The fraction of sp³-hybridized carbons (Fsp3) is 0.133. The van der Waals surface area contributed by atoms with Crippen LogP contribution in [0.2, 0.25) is 0 Å². The number of pyridine rings is 1. The summed E-state index contributed by atoms with van der Waals surface area (Å²) in [6.45, 7) is 2.57. The van der Waals surface area contributed by atoms with Gasteiger partial charge < -0.3 is 15.5 Å². The zero-order valence-corrected chi connectivity index (χ0v) is 10.7. The van der Waals surface area contributed by atoms with Crippen LogP contribution in [0.5, 0.6) is 0 Å². The summed E-state index contributed by atoms with van der Waals surface area (Å²) < 4.78 is 5.50. The first kappa shape index (κ1) is 11.6. The van der Waals surface area contributed by atoms with E-state index < -0.39 is 0 Å². The van der Waals surface area contributed by atoms with E-state index in [0.717, 1.165) is 28.0 Å². The second kappa shape index (κ2) is 4.65. The number of aromatic nitrogens is 1. The number of fused-ring (bicyclic) bond motifs is 1. The molecule has 1 aromatic carbocycles. The first-order valence-corrected chi connectivity index (χ1v) is 6.16. The van der Waals surface area contributed by atoms with Gasteiger partial charge in [0.15, 0.2) is 0 Å². The number of anilines is 2. The zero-order valence-electron chi connectivity index (χ0n) is 10.7. The molecule has 3 N–H and O–H groups in total. The monoisotopic (exact) mass is 253 g/mol. The van der Waals surface area contributed by atoms with Gasteiger partial charge in [-0.1, -0.05) is 18.2 Å². The molecule has 0 saturated heterocycles. The lowest BCUT2D eigenvalue weighted by molar-refractivity contribution is 0.611. The molecule has 0 aliphatic rings. The van der Waals surface area contributed by atoms with Gasteiger partial charge in [0.1, 0.15) is 11.4 Å². The number of furan rings is 1. The van der Waals surface area contributed by atoms with Crippen molar-refractivity contribution in [2.24, 2.45) is 0 Å². The molecule has 4 nitrogen and oxygen atoms in total. The van der Waals surface area contributed by atoms with E-state index in [9.17, 15) is 0 Å². The van der Waals surface area contributed by atoms with Crippen molar-refractivity contribution in [1.29, 1.82) is 0 Å². The Bertz CT molecular complexity index is 718. The van der Waals surface area contributed by atoms with Crippen LogP contribution in [0.1, 0.15) is 11.3 Å². The van der Waals surface area contributed by atoms with Gasteiger partial charge in [0.25, 0.3) is 0 Å². The van der Waals surface area contributed by atoms with Gasteiger partial charge in [0.05, 0.1) is 17.6 Å². The van der Waals surface area contributed by atoms with E-state index >= 15 is 0 Å². The van der Waals surface area contributed by atoms with Gasteiger partial charge in [-0.25, -0.2) is 4.98 Å². The number of aryl methyl sites for hydroxylation is 1. The largest absolute Gasteiger partial charge is 0.464 e. The van der Waals surface area contributed by atoms with Crippen LogP contribution in [0, 0.1) is 6.92 Å². The fourth-order valence-electron chi connectivity index (χ4n) is 2.03. The number of benzene rings is 1. The third kappa shape index (κ3) is 2.25. The maximum Gasteiger partial charge on any atom is 0.134 e. The highest BCUT2D eigenvalue weighted by atomic mass is 16.3. The quantitative estimate of drug-likeness (QED) is 0.751. The minimum absolute atomic E-state index is 0.674. The van der Waals surface area contributed by atoms with Crippen molar-refractivity contribution in [2.75, 3.05) is 11.1 Å². The number of hydrogen-bond donors (Lipinski definition) is 2. The van der Waals surface area contributed by atoms with Gasteiger partial charge >= 0.3 is 0 Å². The third-order valence-corrected chi connectivity index (χ3v) is 3.15. The molecule has 0 saturated carbocycles. The van der Waals surface area contributed by atoms with E-state index in [-0.39, 0.29) is 0 Å². The summed E-state index contributed by atoms with van der Waals surface area (Å²) in [6.07, 6.45) is 1.78. The molecule has 3 rings (SSSR count). The smallest absolute Gasteiger partial charge is 0.134 e. The van der Waals surface area contributed by atoms with E-state index in [1.54, 1.807) is 6.26 Å². The normalized spacial score (nSPS) is 10.8. The Kier molecular flexibility index (Phi) is 2.83. The molecule has 19 heavy (non-hydrogen) atoms. The first-order chi connectivity index (χ1) is 9.24. The van der Waals surface area contributed by atoms with Crippen LogP contribution in [0.4, 0.5) is 11.5 Å². The second-order valence-corrected chi connectivity index (χ2v) is 4.48. The standard InChI is InChI=1S/C15H15N3O/c1-10-13(16)6-7-15(18-10)17-8-11-9-19-14-5-3-2-4-12(11)14/h2-7,9H,8,16H2,1H3,(H,17,18).